The summed E-state index contributed by atoms with van der Waals surface area (Å²) in [6.07, 6.45) is 0. The Morgan fingerprint density at radius 1 is 1.50 bits per heavy atom. The highest BCUT2D eigenvalue weighted by Gasteiger charge is 2.02. The lowest BCUT2D eigenvalue weighted by Gasteiger charge is -1.94. The minimum atomic E-state index is -1.09. The zero-order chi connectivity index (χ0) is 12.0. The normalized spacial score (nSPS) is 8.81. The highest BCUT2D eigenvalue weighted by molar-refractivity contribution is 5.85. The number of carboxylic acids is 1. The third-order valence-corrected chi connectivity index (χ3v) is 1.61. The summed E-state index contributed by atoms with van der Waals surface area (Å²) in [5, 5.41) is 11.2. The molecular formula is C11H10N2O3. The van der Waals surface area contributed by atoms with Gasteiger partial charge in [-0.3, -0.25) is 4.79 Å². The monoisotopic (exact) mass is 218 g/mol. The van der Waals surface area contributed by atoms with Crippen molar-refractivity contribution in [2.45, 2.75) is 6.92 Å². The maximum atomic E-state index is 10.6. The van der Waals surface area contributed by atoms with Gasteiger partial charge in [-0.1, -0.05) is 12.0 Å². The maximum absolute atomic E-state index is 10.6. The Kier molecular flexibility index (Phi) is 4.04. The first-order valence-corrected chi connectivity index (χ1v) is 4.53. The largest absolute Gasteiger partial charge is 0.477 e. The summed E-state index contributed by atoms with van der Waals surface area (Å²) < 4.78 is 0. The van der Waals surface area contributed by atoms with E-state index in [9.17, 15) is 9.59 Å². The van der Waals surface area contributed by atoms with Crippen molar-refractivity contribution in [1.29, 1.82) is 0 Å². The maximum Gasteiger partial charge on any atom is 0.354 e. The summed E-state index contributed by atoms with van der Waals surface area (Å²) in [7, 11) is 0. The SMILES string of the molecule is CC(=O)NCC#Cc1cccc(C(=O)O)n1. The van der Waals surface area contributed by atoms with E-state index in [2.05, 4.69) is 22.1 Å². The molecule has 0 bridgehead atoms. The average Bonchev–Trinajstić information content (AvgIpc) is 2.24. The average molecular weight is 218 g/mol. The second kappa shape index (κ2) is 5.51. The number of hydrogen-bond acceptors (Lipinski definition) is 3. The molecule has 1 amide bonds. The fraction of sp³-hybridized carbons (Fsp3) is 0.182. The van der Waals surface area contributed by atoms with Gasteiger partial charge in [0.2, 0.25) is 5.91 Å². The Balaban J connectivity index is 2.70. The molecule has 1 aromatic rings. The topological polar surface area (TPSA) is 79.3 Å². The zero-order valence-corrected chi connectivity index (χ0v) is 8.65. The molecule has 82 valence electrons. The Labute approximate surface area is 92.5 Å². The molecular weight excluding hydrogens is 208 g/mol. The number of nitrogens with zero attached hydrogens (tertiary/aromatic N) is 1. The fourth-order valence-electron chi connectivity index (χ4n) is 0.927. The van der Waals surface area contributed by atoms with E-state index in [-0.39, 0.29) is 18.1 Å². The van der Waals surface area contributed by atoms with Crippen LogP contribution < -0.4 is 5.32 Å². The molecule has 0 aliphatic carbocycles. The molecule has 1 heterocycles. The van der Waals surface area contributed by atoms with Crippen LogP contribution >= 0.6 is 0 Å². The predicted molar refractivity (Wildman–Crippen MR) is 56.8 cm³/mol. The minimum absolute atomic E-state index is 0.0497. The lowest BCUT2D eigenvalue weighted by atomic mass is 10.3. The van der Waals surface area contributed by atoms with Crippen molar-refractivity contribution in [2.24, 2.45) is 0 Å². The van der Waals surface area contributed by atoms with E-state index in [0.717, 1.165) is 0 Å². The number of rotatable bonds is 2. The first kappa shape index (κ1) is 11.7. The number of carboxylic acid groups (broad SMARTS) is 1. The van der Waals surface area contributed by atoms with Crippen LogP contribution in [-0.4, -0.2) is 28.5 Å². The van der Waals surface area contributed by atoms with E-state index < -0.39 is 5.97 Å². The molecule has 0 fully saturated rings. The van der Waals surface area contributed by atoms with Crippen molar-refractivity contribution < 1.29 is 14.7 Å². The van der Waals surface area contributed by atoms with Gasteiger partial charge >= 0.3 is 5.97 Å². The van der Waals surface area contributed by atoms with Gasteiger partial charge in [0, 0.05) is 6.92 Å². The molecule has 0 radical (unpaired) electrons. The summed E-state index contributed by atoms with van der Waals surface area (Å²) >= 11 is 0. The van der Waals surface area contributed by atoms with Crippen molar-refractivity contribution >= 4 is 11.9 Å². The Morgan fingerprint density at radius 2 is 2.25 bits per heavy atom. The molecule has 0 aliphatic rings. The fourth-order valence-corrected chi connectivity index (χ4v) is 0.927. The summed E-state index contributed by atoms with van der Waals surface area (Å²) in [4.78, 5) is 24.9. The van der Waals surface area contributed by atoms with E-state index in [1.165, 1.54) is 13.0 Å². The molecule has 2 N–H and O–H groups in total. The van der Waals surface area contributed by atoms with Crippen LogP contribution in [-0.2, 0) is 4.79 Å². The molecule has 0 unspecified atom stereocenters. The van der Waals surface area contributed by atoms with Crippen molar-refractivity contribution in [1.82, 2.24) is 10.3 Å². The van der Waals surface area contributed by atoms with Crippen LogP contribution in [0.4, 0.5) is 0 Å². The number of pyridine rings is 1. The predicted octanol–water partition coefficient (Wildman–Crippen LogP) is 0.267. The summed E-state index contributed by atoms with van der Waals surface area (Å²) in [6, 6.07) is 4.56. The number of aromatic carboxylic acids is 1. The van der Waals surface area contributed by atoms with Gasteiger partial charge in [-0.15, -0.1) is 0 Å². The first-order valence-electron chi connectivity index (χ1n) is 4.53. The van der Waals surface area contributed by atoms with E-state index in [4.69, 9.17) is 5.11 Å². The molecule has 1 aromatic heterocycles. The van der Waals surface area contributed by atoms with Crippen LogP contribution in [0.15, 0.2) is 18.2 Å². The van der Waals surface area contributed by atoms with Crippen LogP contribution in [0.2, 0.25) is 0 Å². The van der Waals surface area contributed by atoms with Gasteiger partial charge in [0.05, 0.1) is 6.54 Å². The standard InChI is InChI=1S/C11H10N2O3/c1-8(14)12-7-3-5-9-4-2-6-10(13-9)11(15)16/h2,4,6H,7H2,1H3,(H,12,14)(H,15,16). The third-order valence-electron chi connectivity index (χ3n) is 1.61. The Morgan fingerprint density at radius 3 is 2.88 bits per heavy atom. The molecule has 0 aliphatic heterocycles. The van der Waals surface area contributed by atoms with Crippen molar-refractivity contribution in [3.8, 4) is 11.8 Å². The summed E-state index contributed by atoms with van der Waals surface area (Å²) in [5.41, 5.74) is 0.316. The van der Waals surface area contributed by atoms with E-state index in [0.29, 0.717) is 5.69 Å². The van der Waals surface area contributed by atoms with E-state index in [1.54, 1.807) is 12.1 Å². The molecule has 0 saturated carbocycles. The molecule has 16 heavy (non-hydrogen) atoms. The van der Waals surface area contributed by atoms with Crippen molar-refractivity contribution in [3.05, 3.63) is 29.6 Å². The van der Waals surface area contributed by atoms with Gasteiger partial charge in [-0.25, -0.2) is 9.78 Å². The lowest BCUT2D eigenvalue weighted by molar-refractivity contribution is -0.118. The van der Waals surface area contributed by atoms with Gasteiger partial charge in [-0.2, -0.15) is 0 Å². The molecule has 1 rings (SSSR count). The second-order valence-electron chi connectivity index (χ2n) is 2.92. The molecule has 5 nitrogen and oxygen atoms in total. The molecule has 0 saturated heterocycles. The second-order valence-corrected chi connectivity index (χ2v) is 2.92. The van der Waals surface area contributed by atoms with Crippen LogP contribution in [0.25, 0.3) is 0 Å². The number of amides is 1. The van der Waals surface area contributed by atoms with Crippen LogP contribution in [0.1, 0.15) is 23.1 Å². The minimum Gasteiger partial charge on any atom is -0.477 e. The quantitative estimate of drug-likeness (QED) is 0.698. The number of nitrogens with one attached hydrogen (secondary N) is 1. The highest BCUT2D eigenvalue weighted by atomic mass is 16.4. The summed E-state index contributed by atoms with van der Waals surface area (Å²) in [5.74, 6) is 4.06. The molecule has 0 spiro atoms. The first-order chi connectivity index (χ1) is 7.59. The van der Waals surface area contributed by atoms with E-state index in [1.807, 2.05) is 0 Å². The van der Waals surface area contributed by atoms with Crippen LogP contribution in [0.5, 0.6) is 0 Å². The molecule has 0 atom stereocenters. The van der Waals surface area contributed by atoms with E-state index >= 15 is 0 Å². The zero-order valence-electron chi connectivity index (χ0n) is 8.65. The van der Waals surface area contributed by atoms with Gasteiger partial charge in [0.25, 0.3) is 0 Å². The smallest absolute Gasteiger partial charge is 0.354 e. The van der Waals surface area contributed by atoms with Gasteiger partial charge in [0.1, 0.15) is 11.4 Å². The van der Waals surface area contributed by atoms with Crippen LogP contribution in [0, 0.1) is 11.8 Å². The Bertz CT molecular complexity index is 472. The summed E-state index contributed by atoms with van der Waals surface area (Å²) in [6.45, 7) is 1.61. The Hall–Kier alpha value is -2.35. The van der Waals surface area contributed by atoms with Crippen LogP contribution in [0.3, 0.4) is 0 Å². The highest BCUT2D eigenvalue weighted by Crippen LogP contribution is 1.97. The number of carbonyl (C=O) groups is 2. The third kappa shape index (κ3) is 3.80. The van der Waals surface area contributed by atoms with Crippen molar-refractivity contribution in [2.75, 3.05) is 6.54 Å². The molecule has 0 aromatic carbocycles. The molecule has 5 heteroatoms. The number of aromatic nitrogens is 1. The van der Waals surface area contributed by atoms with Gasteiger partial charge in [-0.05, 0) is 18.1 Å². The number of carbonyl (C=O) groups excluding carboxylic acids is 1. The number of hydrogen-bond donors (Lipinski definition) is 2. The van der Waals surface area contributed by atoms with Gasteiger partial charge in [0.15, 0.2) is 0 Å². The van der Waals surface area contributed by atoms with Gasteiger partial charge < -0.3 is 10.4 Å². The lowest BCUT2D eigenvalue weighted by Crippen LogP contribution is -2.19. The van der Waals surface area contributed by atoms with Crippen molar-refractivity contribution in [3.63, 3.8) is 0 Å².